The number of aliphatic hydroxyl groups excluding tert-OH is 1. The molecule has 2 rings (SSSR count). The number of aliphatic hydroxyl groups is 1. The molecule has 1 fully saturated rings. The van der Waals surface area contributed by atoms with Gasteiger partial charge in [-0.1, -0.05) is 37.6 Å². The molecule has 2 nitrogen and oxygen atoms in total. The third kappa shape index (κ3) is 2.49. The lowest BCUT2D eigenvalue weighted by Gasteiger charge is -2.50. The fraction of sp³-hybridized carbons (Fsp3) is 0.571. The standard InChI is InChI=1S/C14H20ClNO/c1-9(10-4-6-11(15)7-5-10)16-12-8-13(17)14(12,2)3/h4-7,9,12-13,16-17H,8H2,1-3H3. The van der Waals surface area contributed by atoms with E-state index in [-0.39, 0.29) is 17.6 Å². The van der Waals surface area contributed by atoms with Crippen molar-refractivity contribution in [2.24, 2.45) is 5.41 Å². The monoisotopic (exact) mass is 253 g/mol. The van der Waals surface area contributed by atoms with Crippen molar-refractivity contribution in [3.63, 3.8) is 0 Å². The molecule has 1 aromatic rings. The molecule has 94 valence electrons. The third-order valence-corrected chi connectivity index (χ3v) is 4.29. The lowest BCUT2D eigenvalue weighted by Crippen LogP contribution is -2.60. The minimum Gasteiger partial charge on any atom is -0.392 e. The van der Waals surface area contributed by atoms with Crippen molar-refractivity contribution in [1.82, 2.24) is 5.32 Å². The van der Waals surface area contributed by atoms with Crippen LogP contribution in [0.2, 0.25) is 5.02 Å². The summed E-state index contributed by atoms with van der Waals surface area (Å²) in [6.07, 6.45) is 0.655. The van der Waals surface area contributed by atoms with Crippen LogP contribution in [0.5, 0.6) is 0 Å². The van der Waals surface area contributed by atoms with Crippen LogP contribution in [0.4, 0.5) is 0 Å². The molecule has 0 spiro atoms. The van der Waals surface area contributed by atoms with Gasteiger partial charge in [0.25, 0.3) is 0 Å². The SMILES string of the molecule is CC(NC1CC(O)C1(C)C)c1ccc(Cl)cc1. The predicted molar refractivity (Wildman–Crippen MR) is 71.2 cm³/mol. The van der Waals surface area contributed by atoms with Crippen molar-refractivity contribution >= 4 is 11.6 Å². The van der Waals surface area contributed by atoms with E-state index in [9.17, 15) is 5.11 Å². The van der Waals surface area contributed by atoms with Crippen LogP contribution >= 0.6 is 11.6 Å². The highest BCUT2D eigenvalue weighted by Gasteiger charge is 2.47. The highest BCUT2D eigenvalue weighted by atomic mass is 35.5. The molecule has 3 unspecified atom stereocenters. The summed E-state index contributed by atoms with van der Waals surface area (Å²) in [4.78, 5) is 0. The predicted octanol–water partition coefficient (Wildman–Crippen LogP) is 3.15. The van der Waals surface area contributed by atoms with E-state index in [1.54, 1.807) is 0 Å². The fourth-order valence-corrected chi connectivity index (χ4v) is 2.46. The Morgan fingerprint density at radius 1 is 1.35 bits per heavy atom. The first-order valence-electron chi connectivity index (χ1n) is 6.11. The molecular formula is C14H20ClNO. The van der Waals surface area contributed by atoms with Crippen LogP contribution in [0, 0.1) is 5.41 Å². The van der Waals surface area contributed by atoms with Gasteiger partial charge in [-0.3, -0.25) is 0 Å². The van der Waals surface area contributed by atoms with Crippen molar-refractivity contribution < 1.29 is 5.11 Å². The zero-order valence-corrected chi connectivity index (χ0v) is 11.3. The second-order valence-corrected chi connectivity index (χ2v) is 6.00. The summed E-state index contributed by atoms with van der Waals surface area (Å²) < 4.78 is 0. The van der Waals surface area contributed by atoms with E-state index in [0.717, 1.165) is 11.4 Å². The molecule has 0 bridgehead atoms. The second-order valence-electron chi connectivity index (χ2n) is 5.57. The highest BCUT2D eigenvalue weighted by molar-refractivity contribution is 6.30. The van der Waals surface area contributed by atoms with Crippen molar-refractivity contribution in [1.29, 1.82) is 0 Å². The number of hydrogen-bond acceptors (Lipinski definition) is 2. The van der Waals surface area contributed by atoms with E-state index in [1.165, 1.54) is 5.56 Å². The first kappa shape index (κ1) is 12.9. The Morgan fingerprint density at radius 3 is 2.41 bits per heavy atom. The molecule has 0 aromatic heterocycles. The molecule has 1 aliphatic rings. The van der Waals surface area contributed by atoms with E-state index < -0.39 is 0 Å². The summed E-state index contributed by atoms with van der Waals surface area (Å²) >= 11 is 5.87. The lowest BCUT2D eigenvalue weighted by molar-refractivity contribution is -0.0754. The second kappa shape index (κ2) is 4.60. The average molecular weight is 254 g/mol. The highest BCUT2D eigenvalue weighted by Crippen LogP contribution is 2.41. The molecule has 17 heavy (non-hydrogen) atoms. The quantitative estimate of drug-likeness (QED) is 0.867. The minimum atomic E-state index is -0.183. The maximum Gasteiger partial charge on any atom is 0.0621 e. The van der Waals surface area contributed by atoms with E-state index in [1.807, 2.05) is 24.3 Å². The van der Waals surface area contributed by atoms with Crippen LogP contribution in [0.25, 0.3) is 0 Å². The maximum absolute atomic E-state index is 9.71. The van der Waals surface area contributed by atoms with Crippen molar-refractivity contribution in [2.45, 2.75) is 45.4 Å². The molecule has 3 atom stereocenters. The zero-order valence-electron chi connectivity index (χ0n) is 10.6. The molecule has 2 N–H and O–H groups in total. The zero-order chi connectivity index (χ0) is 12.6. The van der Waals surface area contributed by atoms with E-state index in [2.05, 4.69) is 26.1 Å². The Hall–Kier alpha value is -0.570. The van der Waals surface area contributed by atoms with Gasteiger partial charge in [-0.2, -0.15) is 0 Å². The van der Waals surface area contributed by atoms with Gasteiger partial charge in [-0.15, -0.1) is 0 Å². The van der Waals surface area contributed by atoms with E-state index >= 15 is 0 Å². The van der Waals surface area contributed by atoms with Gasteiger partial charge < -0.3 is 10.4 Å². The van der Waals surface area contributed by atoms with E-state index in [0.29, 0.717) is 6.04 Å². The van der Waals surface area contributed by atoms with Crippen LogP contribution in [0.3, 0.4) is 0 Å². The fourth-order valence-electron chi connectivity index (χ4n) is 2.33. The smallest absolute Gasteiger partial charge is 0.0621 e. The Morgan fingerprint density at radius 2 is 1.94 bits per heavy atom. The Balaban J connectivity index is 1.98. The number of halogens is 1. The average Bonchev–Trinajstić information content (AvgIpc) is 2.29. The van der Waals surface area contributed by atoms with Crippen LogP contribution in [-0.4, -0.2) is 17.3 Å². The van der Waals surface area contributed by atoms with Gasteiger partial charge >= 0.3 is 0 Å². The van der Waals surface area contributed by atoms with Gasteiger partial charge in [0.05, 0.1) is 6.10 Å². The molecule has 0 aliphatic heterocycles. The largest absolute Gasteiger partial charge is 0.392 e. The van der Waals surface area contributed by atoms with Crippen molar-refractivity contribution in [2.75, 3.05) is 0 Å². The van der Waals surface area contributed by atoms with Crippen molar-refractivity contribution in [3.8, 4) is 0 Å². The summed E-state index contributed by atoms with van der Waals surface area (Å²) in [6, 6.07) is 8.57. The van der Waals surface area contributed by atoms with Crippen LogP contribution in [0.1, 0.15) is 38.8 Å². The minimum absolute atomic E-state index is 0.0271. The Kier molecular flexibility index (Phi) is 3.48. The number of nitrogens with one attached hydrogen (secondary N) is 1. The summed E-state index contributed by atoms with van der Waals surface area (Å²) in [5, 5.41) is 14.0. The molecule has 1 aromatic carbocycles. The molecule has 0 amide bonds. The maximum atomic E-state index is 9.71. The van der Waals surface area contributed by atoms with Gasteiger partial charge in [-0.05, 0) is 31.0 Å². The van der Waals surface area contributed by atoms with Gasteiger partial charge in [0.15, 0.2) is 0 Å². The van der Waals surface area contributed by atoms with Gasteiger partial charge in [0, 0.05) is 22.5 Å². The Bertz CT molecular complexity index is 388. The topological polar surface area (TPSA) is 32.3 Å². The number of rotatable bonds is 3. The summed E-state index contributed by atoms with van der Waals surface area (Å²) in [6.45, 7) is 6.35. The number of benzene rings is 1. The molecule has 0 saturated heterocycles. The number of hydrogen-bond donors (Lipinski definition) is 2. The van der Waals surface area contributed by atoms with Crippen LogP contribution < -0.4 is 5.32 Å². The van der Waals surface area contributed by atoms with Gasteiger partial charge in [-0.25, -0.2) is 0 Å². The summed E-state index contributed by atoms with van der Waals surface area (Å²) in [7, 11) is 0. The summed E-state index contributed by atoms with van der Waals surface area (Å²) in [5.74, 6) is 0. The lowest BCUT2D eigenvalue weighted by atomic mass is 9.64. The van der Waals surface area contributed by atoms with Crippen molar-refractivity contribution in [3.05, 3.63) is 34.9 Å². The molecule has 1 aliphatic carbocycles. The van der Waals surface area contributed by atoms with E-state index in [4.69, 9.17) is 11.6 Å². The van der Waals surface area contributed by atoms with Gasteiger partial charge in [0.2, 0.25) is 0 Å². The van der Waals surface area contributed by atoms with Gasteiger partial charge in [0.1, 0.15) is 0 Å². The normalized spacial score (nSPS) is 28.5. The first-order chi connectivity index (χ1) is 7.91. The molecule has 3 heteroatoms. The molecule has 0 radical (unpaired) electrons. The van der Waals surface area contributed by atoms with Crippen LogP contribution in [-0.2, 0) is 0 Å². The Labute approximate surface area is 108 Å². The molecular weight excluding hydrogens is 234 g/mol. The van der Waals surface area contributed by atoms with Crippen LogP contribution in [0.15, 0.2) is 24.3 Å². The molecule has 1 saturated carbocycles. The molecule has 0 heterocycles. The summed E-state index contributed by atoms with van der Waals surface area (Å²) in [5.41, 5.74) is 1.20. The third-order valence-electron chi connectivity index (χ3n) is 4.04. The first-order valence-corrected chi connectivity index (χ1v) is 6.48.